The molecule has 100 valence electrons. The molecule has 2 heterocycles. The van der Waals surface area contributed by atoms with Gasteiger partial charge in [0.1, 0.15) is 5.82 Å². The quantitative estimate of drug-likeness (QED) is 0.795. The molecule has 19 heavy (non-hydrogen) atoms. The van der Waals surface area contributed by atoms with Crippen LogP contribution < -0.4 is 5.32 Å². The Bertz CT molecular complexity index is 516. The predicted octanol–water partition coefficient (Wildman–Crippen LogP) is 4.35. The number of anilines is 1. The summed E-state index contributed by atoms with van der Waals surface area (Å²) in [6.45, 7) is 3.10. The van der Waals surface area contributed by atoms with Gasteiger partial charge in [-0.05, 0) is 46.6 Å². The summed E-state index contributed by atoms with van der Waals surface area (Å²) in [5, 5.41) is 4.31. The van der Waals surface area contributed by atoms with Crippen LogP contribution in [0.25, 0.3) is 0 Å². The summed E-state index contributed by atoms with van der Waals surface area (Å²) < 4.78 is 1.00. The minimum absolute atomic E-state index is 0.830. The largest absolute Gasteiger partial charge is 0.370 e. The van der Waals surface area contributed by atoms with Gasteiger partial charge < -0.3 is 5.32 Å². The molecule has 2 rings (SSSR count). The fourth-order valence-electron chi connectivity index (χ4n) is 1.51. The van der Waals surface area contributed by atoms with Crippen LogP contribution in [0.5, 0.6) is 0 Å². The molecule has 2 aromatic rings. The molecule has 3 nitrogen and oxygen atoms in total. The normalized spacial score (nSPS) is 10.4. The Morgan fingerprint density at radius 3 is 2.89 bits per heavy atom. The molecule has 1 N–H and O–H groups in total. The Kier molecular flexibility index (Phi) is 5.66. The van der Waals surface area contributed by atoms with Gasteiger partial charge in [0, 0.05) is 23.0 Å². The molecular formula is C14H16BrN3S. The first-order valence-corrected chi connectivity index (χ1v) is 8.00. The highest BCUT2D eigenvalue weighted by atomic mass is 79.9. The first kappa shape index (κ1) is 14.3. The van der Waals surface area contributed by atoms with E-state index < -0.39 is 0 Å². The topological polar surface area (TPSA) is 37.8 Å². The van der Waals surface area contributed by atoms with Crippen LogP contribution in [0, 0.1) is 0 Å². The molecule has 5 heteroatoms. The van der Waals surface area contributed by atoms with E-state index in [0.29, 0.717) is 0 Å². The van der Waals surface area contributed by atoms with Crippen molar-refractivity contribution in [3.63, 3.8) is 0 Å². The van der Waals surface area contributed by atoms with E-state index in [9.17, 15) is 0 Å². The van der Waals surface area contributed by atoms with Gasteiger partial charge in [0.15, 0.2) is 0 Å². The second-order valence-corrected chi connectivity index (χ2v) is 5.96. The number of rotatable bonds is 6. The molecule has 0 atom stereocenters. The molecule has 0 saturated heterocycles. The zero-order chi connectivity index (χ0) is 13.5. The molecule has 0 unspecified atom stereocenters. The number of hydrogen-bond donors (Lipinski definition) is 1. The SMILES string of the molecule is CCCNc1cccc(CSc2ccc(Br)cn2)n1. The van der Waals surface area contributed by atoms with Gasteiger partial charge in [-0.3, -0.25) is 0 Å². The number of hydrogen-bond acceptors (Lipinski definition) is 4. The molecule has 0 aliphatic rings. The summed E-state index contributed by atoms with van der Waals surface area (Å²) in [5.74, 6) is 1.78. The van der Waals surface area contributed by atoms with Crippen LogP contribution in [0.1, 0.15) is 19.0 Å². The van der Waals surface area contributed by atoms with Gasteiger partial charge in [-0.1, -0.05) is 13.0 Å². The van der Waals surface area contributed by atoms with E-state index in [4.69, 9.17) is 0 Å². The molecule has 0 aromatic carbocycles. The van der Waals surface area contributed by atoms with Crippen molar-refractivity contribution in [1.29, 1.82) is 0 Å². The van der Waals surface area contributed by atoms with Crippen LogP contribution >= 0.6 is 27.7 Å². The summed E-state index contributed by atoms with van der Waals surface area (Å²) in [6.07, 6.45) is 2.92. The third-order valence-electron chi connectivity index (χ3n) is 2.43. The summed E-state index contributed by atoms with van der Waals surface area (Å²) >= 11 is 5.08. The van der Waals surface area contributed by atoms with Crippen molar-refractivity contribution in [3.05, 3.63) is 46.7 Å². The maximum atomic E-state index is 4.57. The van der Waals surface area contributed by atoms with Gasteiger partial charge in [0.2, 0.25) is 0 Å². The molecule has 0 aliphatic carbocycles. The Morgan fingerprint density at radius 1 is 1.26 bits per heavy atom. The predicted molar refractivity (Wildman–Crippen MR) is 84.5 cm³/mol. The number of nitrogens with one attached hydrogen (secondary N) is 1. The van der Waals surface area contributed by atoms with Crippen molar-refractivity contribution in [1.82, 2.24) is 9.97 Å². The van der Waals surface area contributed by atoms with Crippen molar-refractivity contribution in [2.24, 2.45) is 0 Å². The van der Waals surface area contributed by atoms with Gasteiger partial charge in [0.05, 0.1) is 10.7 Å². The number of nitrogens with zero attached hydrogens (tertiary/aromatic N) is 2. The molecule has 0 fully saturated rings. The zero-order valence-electron chi connectivity index (χ0n) is 10.8. The van der Waals surface area contributed by atoms with Crippen molar-refractivity contribution in [2.45, 2.75) is 24.1 Å². The molecular weight excluding hydrogens is 322 g/mol. The summed E-state index contributed by atoms with van der Waals surface area (Å²) in [7, 11) is 0. The molecule has 0 radical (unpaired) electrons. The van der Waals surface area contributed by atoms with Gasteiger partial charge in [-0.25, -0.2) is 9.97 Å². The minimum atomic E-state index is 0.830. The van der Waals surface area contributed by atoms with Crippen molar-refractivity contribution in [3.8, 4) is 0 Å². The van der Waals surface area contributed by atoms with E-state index in [2.05, 4.69) is 38.1 Å². The molecule has 0 saturated carbocycles. The van der Waals surface area contributed by atoms with Crippen LogP contribution in [0.2, 0.25) is 0 Å². The standard InChI is InChI=1S/C14H16BrN3S/c1-2-8-16-13-5-3-4-12(18-13)10-19-14-7-6-11(15)9-17-14/h3-7,9H,2,8,10H2,1H3,(H,16,18). The van der Waals surface area contributed by atoms with Crippen LogP contribution in [0.15, 0.2) is 46.0 Å². The third kappa shape index (κ3) is 4.84. The lowest BCUT2D eigenvalue weighted by Crippen LogP contribution is -2.02. The maximum Gasteiger partial charge on any atom is 0.126 e. The highest BCUT2D eigenvalue weighted by molar-refractivity contribution is 9.10. The van der Waals surface area contributed by atoms with Crippen LogP contribution in [-0.4, -0.2) is 16.5 Å². The van der Waals surface area contributed by atoms with Gasteiger partial charge in [0.25, 0.3) is 0 Å². The summed E-state index contributed by atoms with van der Waals surface area (Å²) in [4.78, 5) is 8.91. The lowest BCUT2D eigenvalue weighted by atomic mass is 10.3. The maximum absolute atomic E-state index is 4.57. The van der Waals surface area contributed by atoms with E-state index in [0.717, 1.165) is 39.7 Å². The van der Waals surface area contributed by atoms with E-state index in [1.807, 2.05) is 36.5 Å². The lowest BCUT2D eigenvalue weighted by Gasteiger charge is -2.06. The Balaban J connectivity index is 1.93. The van der Waals surface area contributed by atoms with Crippen molar-refractivity contribution >= 4 is 33.5 Å². The summed E-state index contributed by atoms with van der Waals surface area (Å²) in [6, 6.07) is 10.1. The molecule has 2 aromatic heterocycles. The average Bonchev–Trinajstić information content (AvgIpc) is 2.45. The zero-order valence-corrected chi connectivity index (χ0v) is 13.2. The number of thioether (sulfide) groups is 1. The number of pyridine rings is 2. The molecule has 0 spiro atoms. The van der Waals surface area contributed by atoms with Gasteiger partial charge >= 0.3 is 0 Å². The first-order chi connectivity index (χ1) is 9.28. The average molecular weight is 338 g/mol. The van der Waals surface area contributed by atoms with Crippen LogP contribution in [0.4, 0.5) is 5.82 Å². The highest BCUT2D eigenvalue weighted by Crippen LogP contribution is 2.21. The molecule has 0 aliphatic heterocycles. The van der Waals surface area contributed by atoms with E-state index >= 15 is 0 Å². The second kappa shape index (κ2) is 7.50. The van der Waals surface area contributed by atoms with E-state index in [-0.39, 0.29) is 0 Å². The monoisotopic (exact) mass is 337 g/mol. The number of aromatic nitrogens is 2. The Morgan fingerprint density at radius 2 is 2.16 bits per heavy atom. The van der Waals surface area contributed by atoms with Crippen molar-refractivity contribution in [2.75, 3.05) is 11.9 Å². The fraction of sp³-hybridized carbons (Fsp3) is 0.286. The highest BCUT2D eigenvalue weighted by Gasteiger charge is 2.00. The molecule has 0 amide bonds. The van der Waals surface area contributed by atoms with Crippen LogP contribution in [0.3, 0.4) is 0 Å². The van der Waals surface area contributed by atoms with Gasteiger partial charge in [-0.15, -0.1) is 11.8 Å². The fourth-order valence-corrected chi connectivity index (χ4v) is 2.49. The lowest BCUT2D eigenvalue weighted by molar-refractivity contribution is 0.965. The van der Waals surface area contributed by atoms with Crippen LogP contribution in [-0.2, 0) is 5.75 Å². The Labute approximate surface area is 126 Å². The Hall–Kier alpha value is -1.07. The smallest absolute Gasteiger partial charge is 0.126 e. The minimum Gasteiger partial charge on any atom is -0.370 e. The number of halogens is 1. The van der Waals surface area contributed by atoms with Gasteiger partial charge in [-0.2, -0.15) is 0 Å². The second-order valence-electron chi connectivity index (χ2n) is 4.04. The van der Waals surface area contributed by atoms with Crippen molar-refractivity contribution < 1.29 is 0 Å². The third-order valence-corrected chi connectivity index (χ3v) is 3.88. The first-order valence-electron chi connectivity index (χ1n) is 6.22. The van der Waals surface area contributed by atoms with E-state index in [1.54, 1.807) is 11.8 Å². The summed E-state index contributed by atoms with van der Waals surface area (Å²) in [5.41, 5.74) is 1.07. The molecule has 0 bridgehead atoms. The van der Waals surface area contributed by atoms with E-state index in [1.165, 1.54) is 0 Å².